The summed E-state index contributed by atoms with van der Waals surface area (Å²) in [6, 6.07) is 6.56. The second-order valence-electron chi connectivity index (χ2n) is 5.51. The highest BCUT2D eigenvalue weighted by atomic mass is 16.4. The van der Waals surface area contributed by atoms with Crippen molar-refractivity contribution in [1.82, 2.24) is 5.32 Å². The average Bonchev–Trinajstić information content (AvgIpc) is 2.80. The Hall–Kier alpha value is -2.04. The van der Waals surface area contributed by atoms with E-state index in [2.05, 4.69) is 5.32 Å². The molecule has 2 rings (SSSR count). The first kappa shape index (κ1) is 14.4. The third kappa shape index (κ3) is 3.29. The van der Waals surface area contributed by atoms with E-state index in [4.69, 9.17) is 5.11 Å². The fourth-order valence-corrected chi connectivity index (χ4v) is 2.79. The fourth-order valence-electron chi connectivity index (χ4n) is 2.79. The molecule has 0 spiro atoms. The normalized spacial score (nSPS) is 25.4. The maximum absolute atomic E-state index is 12.1. The zero-order chi connectivity index (χ0) is 14.7. The Labute approximate surface area is 117 Å². The summed E-state index contributed by atoms with van der Waals surface area (Å²) in [7, 11) is 0. The Balaban J connectivity index is 1.94. The van der Waals surface area contributed by atoms with Crippen LogP contribution in [0.5, 0.6) is 5.75 Å². The minimum Gasteiger partial charge on any atom is -0.508 e. The summed E-state index contributed by atoms with van der Waals surface area (Å²) in [5, 5.41) is 21.1. The topological polar surface area (TPSA) is 86.6 Å². The molecular weight excluding hydrogens is 258 g/mol. The Morgan fingerprint density at radius 2 is 1.80 bits per heavy atom. The number of carbonyl (C=O) groups excluding carboxylic acids is 1. The maximum Gasteiger partial charge on any atom is 0.307 e. The van der Waals surface area contributed by atoms with E-state index in [1.807, 2.05) is 6.92 Å². The lowest BCUT2D eigenvalue weighted by Gasteiger charge is -2.15. The second kappa shape index (κ2) is 5.94. The van der Waals surface area contributed by atoms with Gasteiger partial charge in [0.1, 0.15) is 5.75 Å². The third-order valence-electron chi connectivity index (χ3n) is 3.86. The summed E-state index contributed by atoms with van der Waals surface area (Å²) < 4.78 is 0. The van der Waals surface area contributed by atoms with E-state index in [1.54, 1.807) is 24.3 Å². The highest BCUT2D eigenvalue weighted by Gasteiger charge is 2.40. The summed E-state index contributed by atoms with van der Waals surface area (Å²) in [4.78, 5) is 23.3. The first-order valence-electron chi connectivity index (χ1n) is 6.75. The molecule has 3 N–H and O–H groups in total. The van der Waals surface area contributed by atoms with Gasteiger partial charge in [0.2, 0.25) is 5.91 Å². The largest absolute Gasteiger partial charge is 0.508 e. The zero-order valence-corrected chi connectivity index (χ0v) is 11.4. The van der Waals surface area contributed by atoms with Crippen LogP contribution in [0.1, 0.15) is 25.3 Å². The summed E-state index contributed by atoms with van der Waals surface area (Å²) in [6.45, 7) is 2.32. The first-order chi connectivity index (χ1) is 9.47. The van der Waals surface area contributed by atoms with Crippen LogP contribution < -0.4 is 5.32 Å². The van der Waals surface area contributed by atoms with Crippen molar-refractivity contribution in [2.45, 2.75) is 26.3 Å². The van der Waals surface area contributed by atoms with E-state index in [9.17, 15) is 14.7 Å². The number of aliphatic carboxylic acids is 1. The predicted octanol–water partition coefficient (Wildman–Crippen LogP) is 1.76. The average molecular weight is 277 g/mol. The van der Waals surface area contributed by atoms with Gasteiger partial charge in [0.25, 0.3) is 0 Å². The van der Waals surface area contributed by atoms with Gasteiger partial charge in [-0.15, -0.1) is 0 Å². The number of hydrogen-bond acceptors (Lipinski definition) is 3. The molecule has 0 bridgehead atoms. The van der Waals surface area contributed by atoms with Crippen molar-refractivity contribution in [3.63, 3.8) is 0 Å². The number of hydrogen-bond donors (Lipinski definition) is 3. The van der Waals surface area contributed by atoms with Gasteiger partial charge in [-0.25, -0.2) is 0 Å². The highest BCUT2D eigenvalue weighted by molar-refractivity contribution is 5.85. The maximum atomic E-state index is 12.1. The van der Waals surface area contributed by atoms with Gasteiger partial charge in [-0.05, 0) is 36.5 Å². The Kier molecular flexibility index (Phi) is 4.27. The molecule has 1 aliphatic carbocycles. The molecule has 1 aromatic carbocycles. The highest BCUT2D eigenvalue weighted by Crippen LogP contribution is 2.36. The van der Waals surface area contributed by atoms with Crippen LogP contribution in [0, 0.1) is 17.8 Å². The molecule has 108 valence electrons. The van der Waals surface area contributed by atoms with Crippen LogP contribution in [-0.2, 0) is 16.1 Å². The van der Waals surface area contributed by atoms with Gasteiger partial charge in [0.15, 0.2) is 0 Å². The van der Waals surface area contributed by atoms with E-state index in [-0.39, 0.29) is 17.6 Å². The van der Waals surface area contributed by atoms with E-state index in [0.717, 1.165) is 5.56 Å². The van der Waals surface area contributed by atoms with Gasteiger partial charge in [-0.3, -0.25) is 9.59 Å². The number of benzene rings is 1. The SMILES string of the molecule is CC1C[C@H](C(=O)NCc2ccc(O)cc2)[C@H](C(=O)O)C1. The van der Waals surface area contributed by atoms with Crippen molar-refractivity contribution < 1.29 is 19.8 Å². The van der Waals surface area contributed by atoms with Gasteiger partial charge in [0, 0.05) is 6.54 Å². The summed E-state index contributed by atoms with van der Waals surface area (Å²) in [5.74, 6) is -1.67. The molecule has 1 aliphatic rings. The van der Waals surface area contributed by atoms with Crippen molar-refractivity contribution in [3.05, 3.63) is 29.8 Å². The lowest BCUT2D eigenvalue weighted by Crippen LogP contribution is -2.34. The molecule has 20 heavy (non-hydrogen) atoms. The number of carbonyl (C=O) groups is 2. The Bertz CT molecular complexity index is 497. The monoisotopic (exact) mass is 277 g/mol. The van der Waals surface area contributed by atoms with Crippen LogP contribution in [0.4, 0.5) is 0 Å². The smallest absolute Gasteiger partial charge is 0.307 e. The lowest BCUT2D eigenvalue weighted by molar-refractivity contribution is -0.146. The molecular formula is C15H19NO4. The van der Waals surface area contributed by atoms with Crippen LogP contribution >= 0.6 is 0 Å². The van der Waals surface area contributed by atoms with E-state index < -0.39 is 17.8 Å². The fraction of sp³-hybridized carbons (Fsp3) is 0.467. The number of rotatable bonds is 4. The summed E-state index contributed by atoms with van der Waals surface area (Å²) in [6.07, 6.45) is 1.19. The molecule has 0 saturated heterocycles. The quantitative estimate of drug-likeness (QED) is 0.782. The number of amides is 1. The number of phenolic OH excluding ortho intramolecular Hbond substituents is 1. The molecule has 1 amide bonds. The van der Waals surface area contributed by atoms with Crippen LogP contribution in [0.15, 0.2) is 24.3 Å². The van der Waals surface area contributed by atoms with Crippen molar-refractivity contribution >= 4 is 11.9 Å². The van der Waals surface area contributed by atoms with Gasteiger partial charge >= 0.3 is 5.97 Å². The molecule has 5 heteroatoms. The Morgan fingerprint density at radius 3 is 2.40 bits per heavy atom. The van der Waals surface area contributed by atoms with Crippen molar-refractivity contribution in [1.29, 1.82) is 0 Å². The molecule has 1 fully saturated rings. The molecule has 0 radical (unpaired) electrons. The van der Waals surface area contributed by atoms with E-state index >= 15 is 0 Å². The minimum absolute atomic E-state index is 0.177. The van der Waals surface area contributed by atoms with Gasteiger partial charge in [0.05, 0.1) is 11.8 Å². The molecule has 0 heterocycles. The summed E-state index contributed by atoms with van der Waals surface area (Å²) >= 11 is 0. The zero-order valence-electron chi connectivity index (χ0n) is 11.4. The number of phenols is 1. The summed E-state index contributed by atoms with van der Waals surface area (Å²) in [5.41, 5.74) is 0.870. The molecule has 3 atom stereocenters. The number of carboxylic acid groups (broad SMARTS) is 1. The molecule has 1 aromatic rings. The van der Waals surface area contributed by atoms with Crippen LogP contribution in [0.2, 0.25) is 0 Å². The molecule has 5 nitrogen and oxygen atoms in total. The van der Waals surface area contributed by atoms with Gasteiger partial charge in [-0.1, -0.05) is 19.1 Å². The van der Waals surface area contributed by atoms with Crippen molar-refractivity contribution in [3.8, 4) is 5.75 Å². The second-order valence-corrected chi connectivity index (χ2v) is 5.51. The number of aromatic hydroxyl groups is 1. The van der Waals surface area contributed by atoms with Crippen molar-refractivity contribution in [2.75, 3.05) is 0 Å². The van der Waals surface area contributed by atoms with Gasteiger partial charge in [-0.2, -0.15) is 0 Å². The predicted molar refractivity (Wildman–Crippen MR) is 73.0 cm³/mol. The van der Waals surface area contributed by atoms with Gasteiger partial charge < -0.3 is 15.5 Å². The van der Waals surface area contributed by atoms with Crippen molar-refractivity contribution in [2.24, 2.45) is 17.8 Å². The number of carboxylic acids is 1. The third-order valence-corrected chi connectivity index (χ3v) is 3.86. The molecule has 1 saturated carbocycles. The molecule has 0 aliphatic heterocycles. The van der Waals surface area contributed by atoms with Crippen LogP contribution in [0.3, 0.4) is 0 Å². The van der Waals surface area contributed by atoms with Crippen LogP contribution in [-0.4, -0.2) is 22.1 Å². The Morgan fingerprint density at radius 1 is 1.20 bits per heavy atom. The first-order valence-corrected chi connectivity index (χ1v) is 6.75. The van der Waals surface area contributed by atoms with E-state index in [0.29, 0.717) is 19.4 Å². The number of nitrogens with one attached hydrogen (secondary N) is 1. The molecule has 0 aromatic heterocycles. The minimum atomic E-state index is -0.890. The van der Waals surface area contributed by atoms with Crippen LogP contribution in [0.25, 0.3) is 0 Å². The molecule has 1 unspecified atom stereocenters. The van der Waals surface area contributed by atoms with E-state index in [1.165, 1.54) is 0 Å². The standard InChI is InChI=1S/C15H19NO4/c1-9-6-12(13(7-9)15(19)20)14(18)16-8-10-2-4-11(17)5-3-10/h2-5,9,12-13,17H,6-8H2,1H3,(H,16,18)(H,19,20)/t9?,12-,13+/m0/s1. The lowest BCUT2D eigenvalue weighted by atomic mass is 9.95.